The van der Waals surface area contributed by atoms with Gasteiger partial charge in [-0.2, -0.15) is 4.57 Å². The predicted molar refractivity (Wildman–Crippen MR) is 117 cm³/mol. The van der Waals surface area contributed by atoms with E-state index in [4.69, 9.17) is 14.5 Å². The summed E-state index contributed by atoms with van der Waals surface area (Å²) in [6.45, 7) is 0.263. The van der Waals surface area contributed by atoms with Crippen molar-refractivity contribution in [3.05, 3.63) is 70.5 Å². The fraction of sp³-hybridized carbons (Fsp3) is 0.130. The van der Waals surface area contributed by atoms with Crippen LogP contribution in [0.3, 0.4) is 0 Å². The molecule has 0 saturated heterocycles. The molecule has 0 saturated carbocycles. The molecule has 5 nitrogen and oxygen atoms in total. The molecule has 0 spiro atoms. The van der Waals surface area contributed by atoms with Crippen molar-refractivity contribution >= 4 is 39.1 Å². The van der Waals surface area contributed by atoms with Crippen LogP contribution in [0.4, 0.5) is 0 Å². The molecule has 0 atom stereocenters. The van der Waals surface area contributed by atoms with Gasteiger partial charge in [0.2, 0.25) is 12.5 Å². The third-order valence-corrected chi connectivity index (χ3v) is 5.85. The third-order valence-electron chi connectivity index (χ3n) is 5.16. The number of halogens is 1. The molecule has 144 valence electrons. The first-order valence-corrected chi connectivity index (χ1v) is 10.1. The van der Waals surface area contributed by atoms with Gasteiger partial charge < -0.3 is 14.0 Å². The predicted octanol–water partition coefficient (Wildman–Crippen LogP) is 4.73. The summed E-state index contributed by atoms with van der Waals surface area (Å²) in [6, 6.07) is 16.3. The number of hydrogen-bond acceptors (Lipinski definition) is 3. The van der Waals surface area contributed by atoms with Crippen LogP contribution in [-0.2, 0) is 14.1 Å². The van der Waals surface area contributed by atoms with Crippen molar-refractivity contribution in [2.75, 3.05) is 6.79 Å². The van der Waals surface area contributed by atoms with Crippen LogP contribution in [0.2, 0.25) is 0 Å². The Morgan fingerprint density at radius 1 is 1.07 bits per heavy atom. The molecule has 0 unspecified atom stereocenters. The number of benzene rings is 2. The van der Waals surface area contributed by atoms with Gasteiger partial charge in [0.05, 0.1) is 5.52 Å². The Hall–Kier alpha value is -3.12. The second-order valence-corrected chi connectivity index (χ2v) is 7.82. The van der Waals surface area contributed by atoms with E-state index in [1.165, 1.54) is 0 Å². The number of nitrogens with zero attached hydrogens (tertiary/aromatic N) is 3. The summed E-state index contributed by atoms with van der Waals surface area (Å²) in [5.74, 6) is 2.48. The Morgan fingerprint density at radius 2 is 1.83 bits per heavy atom. The lowest BCUT2D eigenvalue weighted by Crippen LogP contribution is -2.31. The summed E-state index contributed by atoms with van der Waals surface area (Å²) in [5, 5.41) is 0. The van der Waals surface area contributed by atoms with Gasteiger partial charge in [0, 0.05) is 29.2 Å². The zero-order chi connectivity index (χ0) is 20.0. The number of pyridine rings is 1. The van der Waals surface area contributed by atoms with Crippen LogP contribution in [0.15, 0.2) is 59.2 Å². The van der Waals surface area contributed by atoms with Gasteiger partial charge in [0.25, 0.3) is 0 Å². The van der Waals surface area contributed by atoms with Crippen LogP contribution >= 0.6 is 15.9 Å². The zero-order valence-corrected chi connectivity index (χ0v) is 17.7. The van der Waals surface area contributed by atoms with Crippen LogP contribution in [0.1, 0.15) is 11.3 Å². The Balaban J connectivity index is 1.62. The average molecular weight is 449 g/mol. The maximum absolute atomic E-state index is 5.51. The molecule has 1 aliphatic heterocycles. The van der Waals surface area contributed by atoms with Crippen LogP contribution < -0.4 is 14.0 Å². The second-order valence-electron chi connectivity index (χ2n) is 6.97. The van der Waals surface area contributed by atoms with Crippen LogP contribution in [0.25, 0.3) is 34.6 Å². The molecule has 5 rings (SSSR count). The number of fused-ring (bicyclic) bond motifs is 2. The second kappa shape index (κ2) is 7.04. The summed E-state index contributed by atoms with van der Waals surface area (Å²) in [7, 11) is 4.09. The first-order valence-electron chi connectivity index (χ1n) is 9.29. The topological polar surface area (TPSA) is 40.2 Å². The van der Waals surface area contributed by atoms with E-state index in [9.17, 15) is 0 Å². The molecule has 6 heteroatoms. The van der Waals surface area contributed by atoms with E-state index < -0.39 is 0 Å². The number of aryl methyl sites for hydroxylation is 2. The van der Waals surface area contributed by atoms with Crippen LogP contribution in [0, 0.1) is 0 Å². The largest absolute Gasteiger partial charge is 0.454 e. The maximum Gasteiger partial charge on any atom is 0.233 e. The van der Waals surface area contributed by atoms with E-state index in [0.717, 1.165) is 49.7 Å². The standard InChI is InChI=1S/C23H19BrN3O2/c1-26-11-10-19-22(25-23(27(19)2)15-6-4-3-5-7-15)18(26)9-8-16-12-20-21(13-17(16)24)29-14-28-20/h3-13H,14H2,1-2H3/q+1/b9-8+. The SMILES string of the molecule is Cn1c(-c2ccccc2)nc2c(/C=C/c3cc4c(cc3Br)OCO4)[n+](C)ccc21. The summed E-state index contributed by atoms with van der Waals surface area (Å²) in [4.78, 5) is 4.97. The van der Waals surface area contributed by atoms with Gasteiger partial charge in [-0.25, -0.2) is 4.98 Å². The number of ether oxygens (including phenoxy) is 2. The van der Waals surface area contributed by atoms with E-state index in [1.54, 1.807) is 0 Å². The van der Waals surface area contributed by atoms with Gasteiger partial charge >= 0.3 is 0 Å². The highest BCUT2D eigenvalue weighted by Crippen LogP contribution is 2.37. The molecule has 1 aliphatic rings. The minimum absolute atomic E-state index is 0.263. The van der Waals surface area contributed by atoms with E-state index in [-0.39, 0.29) is 6.79 Å². The minimum atomic E-state index is 0.263. The normalized spacial score (nSPS) is 12.9. The first kappa shape index (κ1) is 17.9. The fourth-order valence-corrected chi connectivity index (χ4v) is 4.05. The molecule has 2 aromatic heterocycles. The number of rotatable bonds is 3. The molecule has 0 amide bonds. The van der Waals surface area contributed by atoms with Crippen molar-refractivity contribution in [3.63, 3.8) is 0 Å². The molecule has 0 radical (unpaired) electrons. The summed E-state index contributed by atoms with van der Waals surface area (Å²) < 4.78 is 16.1. The number of aromatic nitrogens is 3. The van der Waals surface area contributed by atoms with Gasteiger partial charge in [0.15, 0.2) is 23.2 Å². The van der Waals surface area contributed by atoms with Gasteiger partial charge in [0.1, 0.15) is 12.9 Å². The lowest BCUT2D eigenvalue weighted by atomic mass is 10.1. The van der Waals surface area contributed by atoms with Crippen LogP contribution in [-0.4, -0.2) is 16.3 Å². The smallest absolute Gasteiger partial charge is 0.233 e. The fourth-order valence-electron chi connectivity index (χ4n) is 3.59. The lowest BCUT2D eigenvalue weighted by Gasteiger charge is -2.02. The van der Waals surface area contributed by atoms with Gasteiger partial charge in [-0.05, 0) is 23.8 Å². The van der Waals surface area contributed by atoms with Gasteiger partial charge in [-0.3, -0.25) is 0 Å². The molecule has 0 bridgehead atoms. The molecule has 2 aromatic carbocycles. The highest BCUT2D eigenvalue weighted by molar-refractivity contribution is 9.10. The highest BCUT2D eigenvalue weighted by atomic mass is 79.9. The monoisotopic (exact) mass is 448 g/mol. The van der Waals surface area contributed by atoms with Crippen LogP contribution in [0.5, 0.6) is 11.5 Å². The summed E-state index contributed by atoms with van der Waals surface area (Å²) in [6.07, 6.45) is 6.22. The Labute approximate surface area is 177 Å². The Kier molecular flexibility index (Phi) is 4.36. The Morgan fingerprint density at radius 3 is 2.62 bits per heavy atom. The van der Waals surface area contributed by atoms with Crippen molar-refractivity contribution in [1.29, 1.82) is 0 Å². The molecule has 0 N–H and O–H groups in total. The van der Waals surface area contributed by atoms with Gasteiger partial charge in [-0.15, -0.1) is 0 Å². The lowest BCUT2D eigenvalue weighted by molar-refractivity contribution is -0.671. The highest BCUT2D eigenvalue weighted by Gasteiger charge is 2.19. The summed E-state index contributed by atoms with van der Waals surface area (Å²) in [5.41, 5.74) is 5.20. The molecule has 4 aromatic rings. The van der Waals surface area contributed by atoms with Crippen molar-refractivity contribution in [1.82, 2.24) is 9.55 Å². The molecular weight excluding hydrogens is 430 g/mol. The van der Waals surface area contributed by atoms with Gasteiger partial charge in [-0.1, -0.05) is 46.3 Å². The van der Waals surface area contributed by atoms with E-state index >= 15 is 0 Å². The van der Waals surface area contributed by atoms with E-state index in [1.807, 2.05) is 37.4 Å². The van der Waals surface area contributed by atoms with Crippen molar-refractivity contribution < 1.29 is 14.0 Å². The molecule has 0 fully saturated rings. The Bertz CT molecular complexity index is 1260. The quantitative estimate of drug-likeness (QED) is 0.425. The third kappa shape index (κ3) is 3.09. The minimum Gasteiger partial charge on any atom is -0.454 e. The molecule has 0 aliphatic carbocycles. The first-order chi connectivity index (χ1) is 14.1. The number of hydrogen-bond donors (Lipinski definition) is 0. The average Bonchev–Trinajstić information content (AvgIpc) is 3.31. The molecular formula is C23H19BrN3O2+. The molecule has 29 heavy (non-hydrogen) atoms. The van der Waals surface area contributed by atoms with Crippen molar-refractivity contribution in [2.45, 2.75) is 0 Å². The van der Waals surface area contributed by atoms with E-state index in [0.29, 0.717) is 0 Å². The number of imidazole rings is 1. The summed E-state index contributed by atoms with van der Waals surface area (Å²) >= 11 is 3.62. The van der Waals surface area contributed by atoms with Crippen molar-refractivity contribution in [2.24, 2.45) is 14.1 Å². The van der Waals surface area contributed by atoms with E-state index in [2.05, 4.69) is 68.7 Å². The molecule has 3 heterocycles. The zero-order valence-electron chi connectivity index (χ0n) is 16.1. The van der Waals surface area contributed by atoms with Crippen molar-refractivity contribution in [3.8, 4) is 22.9 Å². The maximum atomic E-state index is 5.51.